The summed E-state index contributed by atoms with van der Waals surface area (Å²) < 4.78 is 0. The summed E-state index contributed by atoms with van der Waals surface area (Å²) in [7, 11) is 0. The smallest absolute Gasteiger partial charge is 0.246 e. The van der Waals surface area contributed by atoms with E-state index < -0.39 is 0 Å². The van der Waals surface area contributed by atoms with Crippen molar-refractivity contribution in [2.75, 3.05) is 13.1 Å². The number of benzene rings is 1. The zero-order chi connectivity index (χ0) is 12.4. The summed E-state index contributed by atoms with van der Waals surface area (Å²) in [6, 6.07) is 5.24. The van der Waals surface area contributed by atoms with E-state index in [0.717, 1.165) is 0 Å². The van der Waals surface area contributed by atoms with Gasteiger partial charge in [-0.2, -0.15) is 0 Å². The maximum Gasteiger partial charge on any atom is 0.246 e. The molecule has 1 N–H and O–H groups in total. The molecule has 3 nitrogen and oxygen atoms in total. The predicted octanol–water partition coefficient (Wildman–Crippen LogP) is 2.21. The molecule has 1 fully saturated rings. The molecule has 1 saturated heterocycles. The fourth-order valence-electron chi connectivity index (χ4n) is 1.55. The van der Waals surface area contributed by atoms with E-state index >= 15 is 0 Å². The van der Waals surface area contributed by atoms with Crippen LogP contribution in [0.4, 0.5) is 0 Å². The Morgan fingerprint density at radius 3 is 2.76 bits per heavy atom. The van der Waals surface area contributed by atoms with Gasteiger partial charge >= 0.3 is 0 Å². The van der Waals surface area contributed by atoms with Gasteiger partial charge in [0, 0.05) is 19.2 Å². The van der Waals surface area contributed by atoms with Gasteiger partial charge in [-0.05, 0) is 17.7 Å². The number of amides is 1. The van der Waals surface area contributed by atoms with E-state index in [2.05, 4.69) is 0 Å². The fourth-order valence-corrected chi connectivity index (χ4v) is 1.92. The van der Waals surface area contributed by atoms with Crippen LogP contribution < -0.4 is 0 Å². The summed E-state index contributed by atoms with van der Waals surface area (Å²) in [5, 5.41) is 9.97. The summed E-state index contributed by atoms with van der Waals surface area (Å²) in [5.74, 6) is -0.133. The third-order valence-corrected chi connectivity index (χ3v) is 3.39. The molecule has 0 aliphatic carbocycles. The van der Waals surface area contributed by atoms with Gasteiger partial charge in [-0.3, -0.25) is 4.79 Å². The summed E-state index contributed by atoms with van der Waals surface area (Å²) in [6.07, 6.45) is 2.67. The normalized spacial score (nSPS) is 16.3. The number of halogens is 2. The lowest BCUT2D eigenvalue weighted by molar-refractivity contribution is -0.135. The Hall–Kier alpha value is -1.03. The molecule has 0 atom stereocenters. The number of hydrogen-bond donors (Lipinski definition) is 1. The molecule has 1 aliphatic heterocycles. The molecular formula is C12H11Cl2NO2. The Bertz CT molecular complexity index is 468. The Kier molecular flexibility index (Phi) is 3.72. The van der Waals surface area contributed by atoms with Gasteiger partial charge in [0.05, 0.1) is 16.1 Å². The molecule has 1 aromatic carbocycles. The van der Waals surface area contributed by atoms with Crippen LogP contribution >= 0.6 is 23.2 Å². The van der Waals surface area contributed by atoms with Crippen LogP contribution in [-0.2, 0) is 4.79 Å². The highest BCUT2D eigenvalue weighted by Crippen LogP contribution is 2.26. The lowest BCUT2D eigenvalue weighted by Crippen LogP contribution is -2.52. The van der Waals surface area contributed by atoms with Gasteiger partial charge in [-0.15, -0.1) is 0 Å². The van der Waals surface area contributed by atoms with Crippen LogP contribution in [-0.4, -0.2) is 35.1 Å². The van der Waals surface area contributed by atoms with Crippen molar-refractivity contribution < 1.29 is 9.90 Å². The number of hydrogen-bond acceptors (Lipinski definition) is 2. The molecule has 0 aromatic heterocycles. The molecular weight excluding hydrogens is 261 g/mol. The number of aliphatic hydroxyl groups excluding tert-OH is 1. The van der Waals surface area contributed by atoms with Gasteiger partial charge in [0.2, 0.25) is 5.91 Å². The molecule has 5 heteroatoms. The quantitative estimate of drug-likeness (QED) is 0.838. The zero-order valence-electron chi connectivity index (χ0n) is 8.94. The standard InChI is InChI=1S/C12H11Cl2NO2/c13-10-3-1-2-8(12(10)14)4-5-11(17)15-6-9(16)7-15/h1-5,9,16H,6-7H2. The molecule has 1 amide bonds. The van der Waals surface area contributed by atoms with Gasteiger partial charge in [0.25, 0.3) is 0 Å². The van der Waals surface area contributed by atoms with E-state index in [1.54, 1.807) is 29.2 Å². The number of β-amino-alcohol motifs (C(OH)–C–C–N with tert-alkyl or cyclic N) is 1. The van der Waals surface area contributed by atoms with E-state index in [4.69, 9.17) is 28.3 Å². The van der Waals surface area contributed by atoms with Crippen molar-refractivity contribution in [2.24, 2.45) is 0 Å². The van der Waals surface area contributed by atoms with Crippen LogP contribution in [0.1, 0.15) is 5.56 Å². The minimum Gasteiger partial charge on any atom is -0.389 e. The van der Waals surface area contributed by atoms with E-state index in [-0.39, 0.29) is 12.0 Å². The van der Waals surface area contributed by atoms with Crippen LogP contribution in [0.2, 0.25) is 10.0 Å². The summed E-state index contributed by atoms with van der Waals surface area (Å²) >= 11 is 11.8. The number of aliphatic hydroxyl groups is 1. The summed E-state index contributed by atoms with van der Waals surface area (Å²) in [5.41, 5.74) is 0.702. The van der Waals surface area contributed by atoms with Crippen LogP contribution in [0.15, 0.2) is 24.3 Å². The predicted molar refractivity (Wildman–Crippen MR) is 68.1 cm³/mol. The van der Waals surface area contributed by atoms with Gasteiger partial charge in [0.1, 0.15) is 0 Å². The molecule has 0 saturated carbocycles. The summed E-state index contributed by atoms with van der Waals surface area (Å²) in [6.45, 7) is 0.791. The second-order valence-electron chi connectivity index (χ2n) is 3.87. The maximum atomic E-state index is 11.6. The second kappa shape index (κ2) is 5.08. The van der Waals surface area contributed by atoms with Gasteiger partial charge < -0.3 is 10.0 Å². The highest BCUT2D eigenvalue weighted by Gasteiger charge is 2.27. The summed E-state index contributed by atoms with van der Waals surface area (Å²) in [4.78, 5) is 13.1. The number of likely N-dealkylation sites (tertiary alicyclic amines) is 1. The molecule has 1 aromatic rings. The van der Waals surface area contributed by atoms with Crippen molar-refractivity contribution in [1.82, 2.24) is 4.90 Å². The Labute approximate surface area is 109 Å². The first-order valence-corrected chi connectivity index (χ1v) is 5.92. The molecule has 0 unspecified atom stereocenters. The average molecular weight is 272 g/mol. The molecule has 2 rings (SSSR count). The Morgan fingerprint density at radius 1 is 1.41 bits per heavy atom. The lowest BCUT2D eigenvalue weighted by Gasteiger charge is -2.34. The van der Waals surface area contributed by atoms with Gasteiger partial charge in [-0.1, -0.05) is 35.3 Å². The molecule has 0 spiro atoms. The molecule has 0 radical (unpaired) electrons. The Morgan fingerprint density at radius 2 is 2.12 bits per heavy atom. The van der Waals surface area contributed by atoms with E-state index in [1.165, 1.54) is 6.08 Å². The van der Waals surface area contributed by atoms with Crippen molar-refractivity contribution >= 4 is 35.2 Å². The largest absolute Gasteiger partial charge is 0.389 e. The SMILES string of the molecule is O=C(C=Cc1cccc(Cl)c1Cl)N1CC(O)C1. The van der Waals surface area contributed by atoms with E-state index in [0.29, 0.717) is 28.7 Å². The first-order chi connectivity index (χ1) is 8.08. The number of nitrogens with zero attached hydrogens (tertiary/aromatic N) is 1. The molecule has 0 bridgehead atoms. The topological polar surface area (TPSA) is 40.5 Å². The maximum absolute atomic E-state index is 11.6. The van der Waals surface area contributed by atoms with Crippen molar-refractivity contribution in [3.05, 3.63) is 39.9 Å². The van der Waals surface area contributed by atoms with Crippen molar-refractivity contribution in [3.63, 3.8) is 0 Å². The molecule has 90 valence electrons. The van der Waals surface area contributed by atoms with Crippen molar-refractivity contribution in [2.45, 2.75) is 6.10 Å². The van der Waals surface area contributed by atoms with Crippen molar-refractivity contribution in [3.8, 4) is 0 Å². The van der Waals surface area contributed by atoms with Crippen LogP contribution in [0.25, 0.3) is 6.08 Å². The second-order valence-corrected chi connectivity index (χ2v) is 4.66. The Balaban J connectivity index is 2.05. The minimum absolute atomic E-state index is 0.133. The van der Waals surface area contributed by atoms with Crippen LogP contribution in [0, 0.1) is 0 Å². The molecule has 17 heavy (non-hydrogen) atoms. The first kappa shape index (κ1) is 12.4. The van der Waals surface area contributed by atoms with Crippen LogP contribution in [0.5, 0.6) is 0 Å². The third kappa shape index (κ3) is 2.80. The number of rotatable bonds is 2. The van der Waals surface area contributed by atoms with E-state index in [9.17, 15) is 4.79 Å². The van der Waals surface area contributed by atoms with Gasteiger partial charge in [0.15, 0.2) is 0 Å². The van der Waals surface area contributed by atoms with Gasteiger partial charge in [-0.25, -0.2) is 0 Å². The molecule has 1 aliphatic rings. The fraction of sp³-hybridized carbons (Fsp3) is 0.250. The highest BCUT2D eigenvalue weighted by atomic mass is 35.5. The highest BCUT2D eigenvalue weighted by molar-refractivity contribution is 6.42. The number of carbonyl (C=O) groups is 1. The minimum atomic E-state index is -0.387. The van der Waals surface area contributed by atoms with E-state index in [1.807, 2.05) is 0 Å². The first-order valence-electron chi connectivity index (χ1n) is 5.17. The van der Waals surface area contributed by atoms with Crippen LogP contribution in [0.3, 0.4) is 0 Å². The molecule has 1 heterocycles. The monoisotopic (exact) mass is 271 g/mol. The average Bonchev–Trinajstić information content (AvgIpc) is 2.26. The third-order valence-electron chi connectivity index (χ3n) is 2.56. The number of carbonyl (C=O) groups excluding carboxylic acids is 1. The van der Waals surface area contributed by atoms with Crippen molar-refractivity contribution in [1.29, 1.82) is 0 Å². The zero-order valence-corrected chi connectivity index (χ0v) is 10.4. The lowest BCUT2D eigenvalue weighted by atomic mass is 10.1.